The van der Waals surface area contributed by atoms with Gasteiger partial charge in [-0.05, 0) is 34.7 Å². The molecule has 4 heteroatoms. The monoisotopic (exact) mass is 404 g/mol. The average molecular weight is 405 g/mol. The van der Waals surface area contributed by atoms with E-state index in [1.54, 1.807) is 17.7 Å². The smallest absolute Gasteiger partial charge is 0.127 e. The van der Waals surface area contributed by atoms with Crippen LogP contribution in [-0.4, -0.2) is 18.0 Å². The predicted molar refractivity (Wildman–Crippen MR) is 126 cm³/mol. The maximum atomic E-state index is 4.73. The lowest BCUT2D eigenvalue weighted by molar-refractivity contribution is 0.415. The lowest BCUT2D eigenvalue weighted by Gasteiger charge is -2.21. The minimum absolute atomic E-state index is 0.266. The SMILES string of the molecule is CC(C)(C)Cc1cc2c(-c3cc([Si](C)(C)C)c4ccccc4c3)ncnc2s1. The Balaban J connectivity index is 1.94. The molecule has 144 valence electrons. The molecule has 4 rings (SSSR count). The molecule has 0 aliphatic rings. The van der Waals surface area contributed by atoms with E-state index in [1.165, 1.54) is 31.8 Å². The third-order valence-electron chi connectivity index (χ3n) is 5.03. The van der Waals surface area contributed by atoms with Crippen molar-refractivity contribution in [3.63, 3.8) is 0 Å². The van der Waals surface area contributed by atoms with E-state index in [-0.39, 0.29) is 5.41 Å². The Kier molecular flexibility index (Phi) is 4.67. The summed E-state index contributed by atoms with van der Waals surface area (Å²) in [6.07, 6.45) is 2.78. The van der Waals surface area contributed by atoms with Crippen molar-refractivity contribution in [2.75, 3.05) is 0 Å². The summed E-state index contributed by atoms with van der Waals surface area (Å²) in [5, 5.41) is 5.37. The van der Waals surface area contributed by atoms with Crippen LogP contribution < -0.4 is 5.19 Å². The normalized spacial score (nSPS) is 12.8. The van der Waals surface area contributed by atoms with Crippen molar-refractivity contribution >= 4 is 45.6 Å². The minimum Gasteiger partial charge on any atom is -0.236 e. The van der Waals surface area contributed by atoms with Crippen LogP contribution in [0.1, 0.15) is 25.6 Å². The third-order valence-corrected chi connectivity index (χ3v) is 8.10. The van der Waals surface area contributed by atoms with Gasteiger partial charge in [-0.3, -0.25) is 0 Å². The molecule has 0 N–H and O–H groups in total. The molecule has 2 nitrogen and oxygen atoms in total. The number of thiophene rings is 1. The van der Waals surface area contributed by atoms with Gasteiger partial charge in [0.2, 0.25) is 0 Å². The zero-order chi connectivity index (χ0) is 20.1. The number of hydrogen-bond donors (Lipinski definition) is 0. The number of fused-ring (bicyclic) bond motifs is 2. The molecule has 0 spiro atoms. The van der Waals surface area contributed by atoms with Crippen LogP contribution in [0.15, 0.2) is 48.8 Å². The molecule has 4 aromatic rings. The maximum Gasteiger partial charge on any atom is 0.127 e. The predicted octanol–water partition coefficient (Wildman–Crippen LogP) is 6.65. The van der Waals surface area contributed by atoms with E-state index in [0.717, 1.165) is 16.9 Å². The highest BCUT2D eigenvalue weighted by molar-refractivity contribution is 7.18. The van der Waals surface area contributed by atoms with Crippen LogP contribution in [0.25, 0.3) is 32.2 Å². The van der Waals surface area contributed by atoms with Crippen LogP contribution in [0.2, 0.25) is 19.6 Å². The van der Waals surface area contributed by atoms with Crippen molar-refractivity contribution in [2.24, 2.45) is 5.41 Å². The number of rotatable bonds is 3. The number of hydrogen-bond acceptors (Lipinski definition) is 3. The fourth-order valence-corrected chi connectivity index (χ4v) is 6.73. The highest BCUT2D eigenvalue weighted by Gasteiger charge is 2.22. The first-order chi connectivity index (χ1) is 13.1. The van der Waals surface area contributed by atoms with Crippen LogP contribution in [0.4, 0.5) is 0 Å². The van der Waals surface area contributed by atoms with Gasteiger partial charge in [-0.25, -0.2) is 9.97 Å². The first-order valence-corrected chi connectivity index (χ1v) is 14.2. The van der Waals surface area contributed by atoms with Gasteiger partial charge < -0.3 is 0 Å². The largest absolute Gasteiger partial charge is 0.236 e. The fraction of sp³-hybridized carbons (Fsp3) is 0.333. The molecule has 0 aliphatic carbocycles. The second kappa shape index (κ2) is 6.78. The van der Waals surface area contributed by atoms with Crippen molar-refractivity contribution in [2.45, 2.75) is 46.8 Å². The van der Waals surface area contributed by atoms with Gasteiger partial charge in [0, 0.05) is 15.8 Å². The Morgan fingerprint density at radius 3 is 2.39 bits per heavy atom. The van der Waals surface area contributed by atoms with Crippen LogP contribution in [0.3, 0.4) is 0 Å². The van der Waals surface area contributed by atoms with E-state index in [0.29, 0.717) is 0 Å². The number of aromatic nitrogens is 2. The molecule has 0 saturated carbocycles. The Hall–Kier alpha value is -2.04. The van der Waals surface area contributed by atoms with Gasteiger partial charge in [-0.1, -0.05) is 75.9 Å². The average Bonchev–Trinajstić information content (AvgIpc) is 3.00. The van der Waals surface area contributed by atoms with E-state index in [1.807, 2.05) is 0 Å². The maximum absolute atomic E-state index is 4.73. The zero-order valence-electron chi connectivity index (χ0n) is 17.6. The second-order valence-electron chi connectivity index (χ2n) is 9.89. The van der Waals surface area contributed by atoms with Crippen molar-refractivity contribution in [1.82, 2.24) is 9.97 Å². The van der Waals surface area contributed by atoms with E-state index < -0.39 is 8.07 Å². The summed E-state index contributed by atoms with van der Waals surface area (Å²) in [6.45, 7) is 14.1. The first-order valence-electron chi connectivity index (χ1n) is 9.89. The summed E-state index contributed by atoms with van der Waals surface area (Å²) in [5.74, 6) is 0. The van der Waals surface area contributed by atoms with Crippen molar-refractivity contribution in [3.8, 4) is 11.3 Å². The van der Waals surface area contributed by atoms with Crippen molar-refractivity contribution < 1.29 is 0 Å². The van der Waals surface area contributed by atoms with Gasteiger partial charge in [0.1, 0.15) is 11.2 Å². The highest BCUT2D eigenvalue weighted by Crippen LogP contribution is 2.35. The van der Waals surface area contributed by atoms with Crippen LogP contribution in [0, 0.1) is 5.41 Å². The highest BCUT2D eigenvalue weighted by atomic mass is 32.1. The molecule has 0 amide bonds. The first kappa shape index (κ1) is 19.3. The molecule has 2 aromatic carbocycles. The molecule has 0 fully saturated rings. The Morgan fingerprint density at radius 2 is 1.68 bits per heavy atom. The zero-order valence-corrected chi connectivity index (χ0v) is 19.4. The molecule has 0 unspecified atom stereocenters. The van der Waals surface area contributed by atoms with Crippen LogP contribution >= 0.6 is 11.3 Å². The fourth-order valence-electron chi connectivity index (χ4n) is 3.81. The summed E-state index contributed by atoms with van der Waals surface area (Å²) < 4.78 is 0. The number of nitrogens with zero attached hydrogens (tertiary/aromatic N) is 2. The van der Waals surface area contributed by atoms with E-state index in [9.17, 15) is 0 Å². The molecule has 0 radical (unpaired) electrons. The third kappa shape index (κ3) is 3.76. The summed E-state index contributed by atoms with van der Waals surface area (Å²) in [4.78, 5) is 11.8. The summed E-state index contributed by atoms with van der Waals surface area (Å²) in [6, 6.07) is 15.7. The summed E-state index contributed by atoms with van der Waals surface area (Å²) >= 11 is 1.80. The molecule has 2 aromatic heterocycles. The van der Waals surface area contributed by atoms with Crippen molar-refractivity contribution in [3.05, 3.63) is 53.7 Å². The minimum atomic E-state index is -1.50. The van der Waals surface area contributed by atoms with E-state index >= 15 is 0 Å². The topological polar surface area (TPSA) is 25.8 Å². The number of benzene rings is 2. The molecule has 0 atom stereocenters. The lowest BCUT2D eigenvalue weighted by Crippen LogP contribution is -2.38. The molecule has 0 aliphatic heterocycles. The Bertz CT molecular complexity index is 1160. The summed E-state index contributed by atoms with van der Waals surface area (Å²) in [5.41, 5.74) is 2.54. The molecule has 2 heterocycles. The standard InChI is InChI=1S/C24H28N2SSi/c1-24(2,3)14-18-13-20-22(25-15-26-23(20)27-18)17-11-16-9-7-8-10-19(16)21(12-17)28(4,5)6/h7-13,15H,14H2,1-6H3. The molecular formula is C24H28N2SSi. The molecule has 0 saturated heterocycles. The van der Waals surface area contributed by atoms with Gasteiger partial charge in [-0.15, -0.1) is 11.3 Å². The summed E-state index contributed by atoms with van der Waals surface area (Å²) in [7, 11) is -1.50. The molecule has 0 bridgehead atoms. The van der Waals surface area contributed by atoms with E-state index in [4.69, 9.17) is 4.98 Å². The Labute approximate surface area is 172 Å². The lowest BCUT2D eigenvalue weighted by atomic mass is 9.91. The molecule has 28 heavy (non-hydrogen) atoms. The second-order valence-corrected chi connectivity index (χ2v) is 16.0. The quantitative estimate of drug-likeness (QED) is 0.357. The van der Waals surface area contributed by atoms with Gasteiger partial charge in [0.05, 0.1) is 13.8 Å². The van der Waals surface area contributed by atoms with Crippen molar-refractivity contribution in [1.29, 1.82) is 0 Å². The van der Waals surface area contributed by atoms with Crippen LogP contribution in [0.5, 0.6) is 0 Å². The molecular weight excluding hydrogens is 376 g/mol. The van der Waals surface area contributed by atoms with Crippen LogP contribution in [-0.2, 0) is 6.42 Å². The van der Waals surface area contributed by atoms with Gasteiger partial charge in [0.25, 0.3) is 0 Å². The Morgan fingerprint density at radius 1 is 0.929 bits per heavy atom. The van der Waals surface area contributed by atoms with Gasteiger partial charge >= 0.3 is 0 Å². The van der Waals surface area contributed by atoms with Gasteiger partial charge in [-0.2, -0.15) is 0 Å². The van der Waals surface area contributed by atoms with E-state index in [2.05, 4.69) is 87.9 Å². The van der Waals surface area contributed by atoms with Gasteiger partial charge in [0.15, 0.2) is 0 Å².